The number of carbonyl (C=O) groups excluding carboxylic acids is 1. The molecule has 2 aromatic carbocycles. The Hall–Kier alpha value is -2.78. The highest BCUT2D eigenvalue weighted by atomic mass is 35.5. The molecule has 0 unspecified atom stereocenters. The van der Waals surface area contributed by atoms with E-state index in [0.29, 0.717) is 29.6 Å². The lowest BCUT2D eigenvalue weighted by Gasteiger charge is -2.52. The average Bonchev–Trinajstić information content (AvgIpc) is 3.31. The Labute approximate surface area is 235 Å². The second-order valence-corrected chi connectivity index (χ2v) is 11.7. The molecule has 208 valence electrons. The molecule has 11 heteroatoms. The largest absolute Gasteiger partial charge is 0.417 e. The summed E-state index contributed by atoms with van der Waals surface area (Å²) in [7, 11) is 1.76. The van der Waals surface area contributed by atoms with Gasteiger partial charge < -0.3 is 15.2 Å². The molecule has 2 N–H and O–H groups in total. The Bertz CT molecular complexity index is 1350. The van der Waals surface area contributed by atoms with Gasteiger partial charge in [-0.15, -0.1) is 10.2 Å². The second-order valence-electron chi connectivity index (χ2n) is 10.8. The van der Waals surface area contributed by atoms with E-state index < -0.39 is 11.7 Å². The normalized spacial score (nSPS) is 22.6. The van der Waals surface area contributed by atoms with Gasteiger partial charge >= 0.3 is 12.2 Å². The Morgan fingerprint density at radius 1 is 1.00 bits per heavy atom. The van der Waals surface area contributed by atoms with Crippen molar-refractivity contribution in [3.63, 3.8) is 0 Å². The van der Waals surface area contributed by atoms with E-state index in [4.69, 9.17) is 23.2 Å². The number of amides is 2. The number of urea groups is 1. The molecule has 6 nitrogen and oxygen atoms in total. The van der Waals surface area contributed by atoms with Gasteiger partial charge in [-0.2, -0.15) is 13.2 Å². The van der Waals surface area contributed by atoms with Crippen molar-refractivity contribution in [3.05, 3.63) is 69.5 Å². The van der Waals surface area contributed by atoms with Gasteiger partial charge in [-0.05, 0) is 74.1 Å². The SMILES string of the molecule is Cn1c(-c2ccccc2C(F)(F)F)nnc1C12CCC(CNC(=O)NCCc3ccc(Cl)cc3Cl)(CC1)CC2. The van der Waals surface area contributed by atoms with Crippen LogP contribution in [0.3, 0.4) is 0 Å². The third-order valence-corrected chi connectivity index (χ3v) is 9.13. The van der Waals surface area contributed by atoms with Crippen LogP contribution in [-0.4, -0.2) is 33.9 Å². The maximum atomic E-state index is 13.6. The van der Waals surface area contributed by atoms with Crippen LogP contribution in [0, 0.1) is 5.41 Å². The van der Waals surface area contributed by atoms with Crippen molar-refractivity contribution >= 4 is 29.2 Å². The number of halogens is 5. The summed E-state index contributed by atoms with van der Waals surface area (Å²) in [6.07, 6.45) is 1.44. The standard InChI is InChI=1S/C28H30Cl2F3N5O/c1-38-23(20-4-2-3-5-21(20)28(31,32)33)36-37-24(38)27-12-9-26(10-13-27,11-14-27)17-35-25(39)34-15-8-18-6-7-19(29)16-22(18)30/h2-7,16H,8-15,17H2,1H3,(H2,34,35,39). The molecule has 3 aliphatic carbocycles. The van der Waals surface area contributed by atoms with Crippen LogP contribution >= 0.6 is 23.2 Å². The Morgan fingerprint density at radius 2 is 1.69 bits per heavy atom. The first kappa shape index (κ1) is 27.8. The lowest BCUT2D eigenvalue weighted by Crippen LogP contribution is -2.51. The zero-order valence-corrected chi connectivity index (χ0v) is 23.1. The van der Waals surface area contributed by atoms with Gasteiger partial charge in [0.2, 0.25) is 0 Å². The van der Waals surface area contributed by atoms with E-state index in [1.807, 2.05) is 6.07 Å². The fourth-order valence-corrected chi connectivity index (χ4v) is 6.68. The minimum absolute atomic E-state index is 0.0168. The molecule has 3 aliphatic rings. The second kappa shape index (κ2) is 10.7. The highest BCUT2D eigenvalue weighted by molar-refractivity contribution is 6.35. The quantitative estimate of drug-likeness (QED) is 0.318. The van der Waals surface area contributed by atoms with Crippen LogP contribution in [-0.2, 0) is 25.1 Å². The van der Waals surface area contributed by atoms with E-state index in [1.165, 1.54) is 12.1 Å². The fourth-order valence-electron chi connectivity index (χ4n) is 6.18. The molecule has 0 radical (unpaired) electrons. The van der Waals surface area contributed by atoms with Crippen LogP contribution < -0.4 is 10.6 Å². The predicted molar refractivity (Wildman–Crippen MR) is 145 cm³/mol. The van der Waals surface area contributed by atoms with E-state index in [1.54, 1.807) is 29.8 Å². The van der Waals surface area contributed by atoms with Gasteiger partial charge in [-0.1, -0.05) is 47.5 Å². The summed E-state index contributed by atoms with van der Waals surface area (Å²) in [5.41, 5.74) is 0.0519. The maximum absolute atomic E-state index is 13.6. The lowest BCUT2D eigenvalue weighted by molar-refractivity contribution is -0.137. The third-order valence-electron chi connectivity index (χ3n) is 8.54. The van der Waals surface area contributed by atoms with Crippen LogP contribution in [0.25, 0.3) is 11.4 Å². The topological polar surface area (TPSA) is 71.8 Å². The number of nitrogens with zero attached hydrogens (tertiary/aromatic N) is 3. The zero-order valence-electron chi connectivity index (χ0n) is 21.5. The summed E-state index contributed by atoms with van der Waals surface area (Å²) in [6, 6.07) is 10.6. The van der Waals surface area contributed by atoms with Crippen LogP contribution in [0.2, 0.25) is 10.0 Å². The number of carbonyl (C=O) groups is 1. The van der Waals surface area contributed by atoms with Crippen molar-refractivity contribution in [3.8, 4) is 11.4 Å². The van der Waals surface area contributed by atoms with E-state index in [0.717, 1.165) is 56.0 Å². The molecule has 1 aromatic heterocycles. The summed E-state index contributed by atoms with van der Waals surface area (Å²) in [5.74, 6) is 0.974. The average molecular weight is 580 g/mol. The molecule has 0 aliphatic heterocycles. The number of aromatic nitrogens is 3. The highest BCUT2D eigenvalue weighted by Crippen LogP contribution is 2.57. The van der Waals surface area contributed by atoms with Crippen LogP contribution in [0.4, 0.5) is 18.0 Å². The van der Waals surface area contributed by atoms with Crippen molar-refractivity contribution in [1.82, 2.24) is 25.4 Å². The van der Waals surface area contributed by atoms with Crippen molar-refractivity contribution < 1.29 is 18.0 Å². The number of hydrogen-bond donors (Lipinski definition) is 2. The lowest BCUT2D eigenvalue weighted by atomic mass is 9.53. The minimum Gasteiger partial charge on any atom is -0.338 e. The van der Waals surface area contributed by atoms with Gasteiger partial charge in [-0.25, -0.2) is 4.79 Å². The Kier molecular flexibility index (Phi) is 7.59. The maximum Gasteiger partial charge on any atom is 0.417 e. The molecular weight excluding hydrogens is 550 g/mol. The molecule has 3 aromatic rings. The fraction of sp³-hybridized carbons (Fsp3) is 0.464. The van der Waals surface area contributed by atoms with Gasteiger partial charge in [0.15, 0.2) is 5.82 Å². The summed E-state index contributed by atoms with van der Waals surface area (Å²) < 4.78 is 42.6. The van der Waals surface area contributed by atoms with Crippen LogP contribution in [0.1, 0.15) is 55.5 Å². The molecule has 2 amide bonds. The van der Waals surface area contributed by atoms with Gasteiger partial charge in [0.1, 0.15) is 5.82 Å². The van der Waals surface area contributed by atoms with Gasteiger partial charge in [-0.3, -0.25) is 0 Å². The molecule has 6 rings (SSSR count). The number of fused-ring (bicyclic) bond motifs is 3. The third kappa shape index (κ3) is 5.61. The number of nitrogens with one attached hydrogen (secondary N) is 2. The zero-order chi connectivity index (χ0) is 27.8. The summed E-state index contributed by atoms with van der Waals surface area (Å²) in [4.78, 5) is 12.5. The van der Waals surface area contributed by atoms with Crippen molar-refractivity contribution in [2.24, 2.45) is 12.5 Å². The van der Waals surface area contributed by atoms with Crippen LogP contribution in [0.15, 0.2) is 42.5 Å². The van der Waals surface area contributed by atoms with E-state index in [2.05, 4.69) is 20.8 Å². The van der Waals surface area contributed by atoms with Gasteiger partial charge in [0, 0.05) is 41.2 Å². The van der Waals surface area contributed by atoms with Gasteiger partial charge in [0.25, 0.3) is 0 Å². The Morgan fingerprint density at radius 3 is 2.36 bits per heavy atom. The smallest absolute Gasteiger partial charge is 0.338 e. The predicted octanol–water partition coefficient (Wildman–Crippen LogP) is 6.94. The molecule has 39 heavy (non-hydrogen) atoms. The van der Waals surface area contributed by atoms with Crippen LogP contribution in [0.5, 0.6) is 0 Å². The minimum atomic E-state index is -4.47. The van der Waals surface area contributed by atoms with Crippen molar-refractivity contribution in [2.45, 2.75) is 56.5 Å². The molecule has 3 fully saturated rings. The molecule has 2 bridgehead atoms. The molecule has 0 saturated heterocycles. The van der Waals surface area contributed by atoms with Crippen molar-refractivity contribution in [1.29, 1.82) is 0 Å². The molecular formula is C28H30Cl2F3N5O. The molecule has 3 saturated carbocycles. The number of alkyl halides is 3. The first-order chi connectivity index (χ1) is 18.5. The highest BCUT2D eigenvalue weighted by Gasteiger charge is 2.51. The van der Waals surface area contributed by atoms with Crippen molar-refractivity contribution in [2.75, 3.05) is 13.1 Å². The number of hydrogen-bond acceptors (Lipinski definition) is 3. The van der Waals surface area contributed by atoms with E-state index >= 15 is 0 Å². The summed E-state index contributed by atoms with van der Waals surface area (Å²) >= 11 is 12.1. The molecule has 1 heterocycles. The van der Waals surface area contributed by atoms with Gasteiger partial charge in [0.05, 0.1) is 5.56 Å². The first-order valence-electron chi connectivity index (χ1n) is 13.0. The number of benzene rings is 2. The molecule has 0 spiro atoms. The molecule has 0 atom stereocenters. The first-order valence-corrected chi connectivity index (χ1v) is 13.8. The summed E-state index contributed by atoms with van der Waals surface area (Å²) in [6.45, 7) is 1.04. The van der Waals surface area contributed by atoms with E-state index in [9.17, 15) is 18.0 Å². The van der Waals surface area contributed by atoms with E-state index in [-0.39, 0.29) is 28.2 Å². The summed E-state index contributed by atoms with van der Waals surface area (Å²) in [5, 5.41) is 15.7. The monoisotopic (exact) mass is 579 g/mol. The number of rotatable bonds is 7. The Balaban J connectivity index is 1.18.